The van der Waals surface area contributed by atoms with Crippen molar-refractivity contribution in [3.63, 3.8) is 0 Å². The second-order valence-electron chi connectivity index (χ2n) is 10.6. The Kier molecular flexibility index (Phi) is 6.34. The van der Waals surface area contributed by atoms with Crippen molar-refractivity contribution >= 4 is 23.2 Å². The zero-order chi connectivity index (χ0) is 29.3. The fourth-order valence-corrected chi connectivity index (χ4v) is 6.47. The first-order chi connectivity index (χ1) is 18.8. The predicted molar refractivity (Wildman–Crippen MR) is 143 cm³/mol. The number of hydrogen-bond acceptors (Lipinski definition) is 9. The number of aliphatic hydroxyl groups is 4. The summed E-state index contributed by atoms with van der Waals surface area (Å²) in [7, 11) is 2.91. The van der Waals surface area contributed by atoms with Gasteiger partial charge in [0.2, 0.25) is 5.78 Å². The highest BCUT2D eigenvalue weighted by atomic mass is 16.4. The van der Waals surface area contributed by atoms with Gasteiger partial charge >= 0.3 is 0 Å². The number of benzene rings is 2. The number of primary amides is 1. The van der Waals surface area contributed by atoms with Crippen LogP contribution in [-0.2, 0) is 14.4 Å². The molecule has 2 aromatic rings. The van der Waals surface area contributed by atoms with Crippen LogP contribution in [0.3, 0.4) is 0 Å². The fourth-order valence-electron chi connectivity index (χ4n) is 6.47. The Morgan fingerprint density at radius 3 is 2.27 bits per heavy atom. The van der Waals surface area contributed by atoms with E-state index in [-0.39, 0.29) is 11.3 Å². The summed E-state index contributed by atoms with van der Waals surface area (Å²) < 4.78 is 0. The predicted octanol–water partition coefficient (Wildman–Crippen LogP) is 0.896. The summed E-state index contributed by atoms with van der Waals surface area (Å²) >= 11 is 0. The number of rotatable bonds is 2. The number of amides is 1. The minimum absolute atomic E-state index is 0.101. The Hall–Kier alpha value is -4.43. The van der Waals surface area contributed by atoms with E-state index in [0.29, 0.717) is 16.7 Å². The molecule has 0 aliphatic heterocycles. The van der Waals surface area contributed by atoms with Gasteiger partial charge in [-0.2, -0.15) is 0 Å². The van der Waals surface area contributed by atoms with Gasteiger partial charge < -0.3 is 31.3 Å². The van der Waals surface area contributed by atoms with Crippen LogP contribution in [0.1, 0.15) is 35.1 Å². The summed E-state index contributed by atoms with van der Waals surface area (Å²) in [5.74, 6) is -3.34. The van der Waals surface area contributed by atoms with Crippen LogP contribution in [0, 0.1) is 23.7 Å². The van der Waals surface area contributed by atoms with Crippen molar-refractivity contribution in [2.24, 2.45) is 17.6 Å². The molecule has 0 aromatic heterocycles. The third-order valence-corrected chi connectivity index (χ3v) is 8.22. The number of nitrogens with zero attached hydrogens (tertiary/aromatic N) is 1. The first-order valence-corrected chi connectivity index (χ1v) is 12.6. The summed E-state index contributed by atoms with van der Waals surface area (Å²) in [6, 6.07) is 10.6. The summed E-state index contributed by atoms with van der Waals surface area (Å²) in [5, 5.41) is 56.6. The lowest BCUT2D eigenvalue weighted by molar-refractivity contribution is -0.169. The molecule has 6 atom stereocenters. The van der Waals surface area contributed by atoms with Gasteiger partial charge in [0.1, 0.15) is 22.8 Å². The number of phenolic OH excluding ortho intramolecular Hbond substituents is 1. The van der Waals surface area contributed by atoms with Crippen molar-refractivity contribution < 1.29 is 39.9 Å². The van der Waals surface area contributed by atoms with Gasteiger partial charge in [0.05, 0.1) is 23.6 Å². The molecule has 0 radical (unpaired) electrons. The quantitative estimate of drug-likeness (QED) is 0.236. The van der Waals surface area contributed by atoms with Crippen LogP contribution in [0.25, 0.3) is 5.76 Å². The number of carbonyl (C=O) groups is 3. The lowest BCUT2D eigenvalue weighted by Crippen LogP contribution is -2.70. The number of carbonyl (C=O) groups excluding carboxylic acids is 3. The highest BCUT2D eigenvalue weighted by Crippen LogP contribution is 2.56. The molecule has 40 heavy (non-hydrogen) atoms. The Bertz CT molecular complexity index is 1600. The van der Waals surface area contributed by atoms with E-state index in [0.717, 1.165) is 0 Å². The van der Waals surface area contributed by atoms with Crippen LogP contribution in [0.4, 0.5) is 0 Å². The largest absolute Gasteiger partial charge is 0.508 e. The molecule has 3 aliphatic rings. The Morgan fingerprint density at radius 2 is 1.68 bits per heavy atom. The maximum absolute atomic E-state index is 14.0. The number of hydrogen-bond donors (Lipinski definition) is 6. The maximum Gasteiger partial charge on any atom is 0.255 e. The summed E-state index contributed by atoms with van der Waals surface area (Å²) in [6.07, 6.45) is -1.67. The van der Waals surface area contributed by atoms with Crippen molar-refractivity contribution in [1.29, 1.82) is 0 Å². The molecule has 0 spiro atoms. The standard InChI is InChI=1S/C30H28N2O8/c1-13-17-15(10-9-14-7-5-4-6-8-14)11-12-16(33)19(17)24(34)20-18(13)25(35)22-23(32(2)3)26(36)21(29(31)39)28(38)30(22,40)27(20)37/h4-8,11-13,18,22-23,25,33-35,38,40H,1-3H3,(H2,31,39)/t13-,18+,22+,23-,25-,30-/m0/s1. The summed E-state index contributed by atoms with van der Waals surface area (Å²) in [5.41, 5.74) is 2.39. The Labute approximate surface area is 229 Å². The first kappa shape index (κ1) is 27.1. The fraction of sp³-hybridized carbons (Fsp3) is 0.300. The van der Waals surface area contributed by atoms with Gasteiger partial charge in [-0.25, -0.2) is 0 Å². The molecule has 0 heterocycles. The lowest BCUT2D eigenvalue weighted by Gasteiger charge is -2.53. The van der Waals surface area contributed by atoms with E-state index >= 15 is 0 Å². The average Bonchev–Trinajstić information content (AvgIpc) is 2.90. The number of phenols is 1. The van der Waals surface area contributed by atoms with E-state index in [9.17, 15) is 39.9 Å². The van der Waals surface area contributed by atoms with Crippen molar-refractivity contribution in [3.05, 3.63) is 81.6 Å². The van der Waals surface area contributed by atoms with Crippen molar-refractivity contribution in [1.82, 2.24) is 4.90 Å². The number of ketones is 2. The number of nitrogens with two attached hydrogens (primary N) is 1. The van der Waals surface area contributed by atoms with Crippen molar-refractivity contribution in [3.8, 4) is 17.6 Å². The van der Waals surface area contributed by atoms with Crippen LogP contribution in [0.2, 0.25) is 0 Å². The van der Waals surface area contributed by atoms with Gasteiger partial charge in [0.25, 0.3) is 5.91 Å². The molecule has 10 heteroatoms. The molecule has 1 saturated carbocycles. The molecule has 206 valence electrons. The second kappa shape index (κ2) is 9.34. The molecule has 1 fully saturated rings. The molecule has 0 saturated heterocycles. The number of Topliss-reactive ketones (excluding diaryl/α,β-unsaturated/α-hetero) is 2. The minimum atomic E-state index is -2.95. The van der Waals surface area contributed by atoms with Gasteiger partial charge in [-0.3, -0.25) is 19.3 Å². The van der Waals surface area contributed by atoms with Crippen LogP contribution in [0.15, 0.2) is 59.4 Å². The topological polar surface area (TPSA) is 182 Å². The number of likely N-dealkylation sites (N-methyl/N-ethyl adjacent to an activating group) is 1. The molecule has 0 unspecified atom stereocenters. The zero-order valence-electron chi connectivity index (χ0n) is 21.9. The van der Waals surface area contributed by atoms with E-state index in [1.165, 1.54) is 25.1 Å². The smallest absolute Gasteiger partial charge is 0.255 e. The number of fused-ring (bicyclic) bond motifs is 3. The molecule has 3 aliphatic carbocycles. The average molecular weight is 545 g/mol. The van der Waals surface area contributed by atoms with Crippen molar-refractivity contribution in [2.75, 3.05) is 14.1 Å². The molecular formula is C30H28N2O8. The highest BCUT2D eigenvalue weighted by molar-refractivity contribution is 6.24. The van der Waals surface area contributed by atoms with Gasteiger partial charge in [0.15, 0.2) is 11.4 Å². The molecule has 2 aromatic carbocycles. The molecular weight excluding hydrogens is 516 g/mol. The number of aliphatic hydroxyl groups excluding tert-OH is 3. The zero-order valence-corrected chi connectivity index (χ0v) is 21.9. The minimum Gasteiger partial charge on any atom is -0.508 e. The third-order valence-electron chi connectivity index (χ3n) is 8.22. The maximum atomic E-state index is 14.0. The van der Waals surface area contributed by atoms with Crippen LogP contribution in [-0.4, -0.2) is 79.7 Å². The van der Waals surface area contributed by atoms with Crippen molar-refractivity contribution in [2.45, 2.75) is 30.6 Å². The molecule has 7 N–H and O–H groups in total. The summed E-state index contributed by atoms with van der Waals surface area (Å²) in [6.45, 7) is 1.67. The normalized spacial score (nSPS) is 29.4. The Balaban J connectivity index is 1.78. The third kappa shape index (κ3) is 3.59. The van der Waals surface area contributed by atoms with Crippen LogP contribution >= 0.6 is 0 Å². The molecule has 10 nitrogen and oxygen atoms in total. The summed E-state index contributed by atoms with van der Waals surface area (Å²) in [4.78, 5) is 40.8. The highest BCUT2D eigenvalue weighted by Gasteiger charge is 2.68. The van der Waals surface area contributed by atoms with Gasteiger partial charge in [-0.1, -0.05) is 37.0 Å². The molecule has 1 amide bonds. The Morgan fingerprint density at radius 1 is 1.02 bits per heavy atom. The first-order valence-electron chi connectivity index (χ1n) is 12.6. The van der Waals surface area contributed by atoms with E-state index in [1.807, 2.05) is 30.3 Å². The number of aromatic hydroxyl groups is 1. The van der Waals surface area contributed by atoms with E-state index in [2.05, 4.69) is 11.8 Å². The van der Waals surface area contributed by atoms with Crippen LogP contribution < -0.4 is 5.73 Å². The lowest BCUT2D eigenvalue weighted by atomic mass is 9.54. The van der Waals surface area contributed by atoms with Gasteiger partial charge in [-0.15, -0.1) is 0 Å². The molecule has 0 bridgehead atoms. The monoisotopic (exact) mass is 544 g/mol. The van der Waals surface area contributed by atoms with E-state index in [1.54, 1.807) is 13.0 Å². The van der Waals surface area contributed by atoms with Gasteiger partial charge in [-0.05, 0) is 49.8 Å². The molecule has 5 rings (SSSR count). The van der Waals surface area contributed by atoms with Crippen LogP contribution in [0.5, 0.6) is 5.75 Å². The SMILES string of the molecule is C[C@H]1c2c(C#Cc3ccccc3)ccc(O)c2C(O)=C2C(=O)[C@]3(O)C(O)=C(C(N)=O)C(=O)[C@@H](N(C)C)[C@@H]3[C@@H](O)[C@@H]21. The second-order valence-corrected chi connectivity index (χ2v) is 10.6. The van der Waals surface area contributed by atoms with Gasteiger partial charge in [0, 0.05) is 22.6 Å². The van der Waals surface area contributed by atoms with E-state index in [4.69, 9.17) is 5.73 Å². The van der Waals surface area contributed by atoms with E-state index < -0.39 is 75.6 Å².